The molecule has 0 spiro atoms. The lowest BCUT2D eigenvalue weighted by Crippen LogP contribution is -2.04. The Morgan fingerprint density at radius 1 is 1.06 bits per heavy atom. The highest BCUT2D eigenvalue weighted by molar-refractivity contribution is 5.88. The normalized spacial score (nSPS) is 12.1. The molecular formula is C16H28O2. The average Bonchev–Trinajstić information content (AvgIpc) is 2.39. The number of rotatable bonds is 10. The molecule has 0 aromatic carbocycles. The number of hydrogen-bond acceptors (Lipinski definition) is 2. The van der Waals surface area contributed by atoms with Crippen LogP contribution in [0, 0.1) is 0 Å². The summed E-state index contributed by atoms with van der Waals surface area (Å²) < 4.78 is 4.75. The third-order valence-electron chi connectivity index (χ3n) is 2.87. The first kappa shape index (κ1) is 16.9. The number of hydrogen-bond donors (Lipinski definition) is 0. The van der Waals surface area contributed by atoms with Crippen molar-refractivity contribution in [1.82, 2.24) is 0 Å². The van der Waals surface area contributed by atoms with Gasteiger partial charge in [0.1, 0.15) is 0 Å². The monoisotopic (exact) mass is 252 g/mol. The molecule has 0 aliphatic rings. The molecule has 0 atom stereocenters. The zero-order valence-corrected chi connectivity index (χ0v) is 12.2. The smallest absolute Gasteiger partial charge is 0.333 e. The van der Waals surface area contributed by atoms with Crippen molar-refractivity contribution in [3.8, 4) is 0 Å². The average molecular weight is 252 g/mol. The van der Waals surface area contributed by atoms with Gasteiger partial charge in [0.2, 0.25) is 0 Å². The van der Waals surface area contributed by atoms with E-state index < -0.39 is 0 Å². The van der Waals surface area contributed by atoms with Crippen molar-refractivity contribution in [2.24, 2.45) is 0 Å². The summed E-state index contributed by atoms with van der Waals surface area (Å²) in [5.41, 5.74) is 0.766. The highest BCUT2D eigenvalue weighted by atomic mass is 16.5. The zero-order chi connectivity index (χ0) is 13.6. The van der Waals surface area contributed by atoms with E-state index in [1.165, 1.54) is 39.2 Å². The predicted octanol–water partition coefficient (Wildman–Crippen LogP) is 4.80. The fourth-order valence-electron chi connectivity index (χ4n) is 1.80. The molecule has 0 N–H and O–H groups in total. The van der Waals surface area contributed by atoms with Gasteiger partial charge in [0, 0.05) is 5.57 Å². The van der Waals surface area contributed by atoms with Gasteiger partial charge in [-0.25, -0.2) is 4.79 Å². The summed E-state index contributed by atoms with van der Waals surface area (Å²) >= 11 is 0. The summed E-state index contributed by atoms with van der Waals surface area (Å²) in [6.07, 6.45) is 15.4. The van der Waals surface area contributed by atoms with Crippen LogP contribution in [0.1, 0.15) is 65.2 Å². The first-order chi connectivity index (χ1) is 8.76. The molecule has 2 nitrogen and oxygen atoms in total. The minimum absolute atomic E-state index is 0.204. The van der Waals surface area contributed by atoms with Gasteiger partial charge in [-0.1, -0.05) is 64.2 Å². The van der Waals surface area contributed by atoms with Crippen molar-refractivity contribution < 1.29 is 9.53 Å². The van der Waals surface area contributed by atoms with Crippen molar-refractivity contribution in [3.05, 3.63) is 23.8 Å². The van der Waals surface area contributed by atoms with Crippen molar-refractivity contribution in [2.45, 2.75) is 65.2 Å². The van der Waals surface area contributed by atoms with Crippen molar-refractivity contribution in [1.29, 1.82) is 0 Å². The van der Waals surface area contributed by atoms with Gasteiger partial charge < -0.3 is 4.74 Å². The Labute approximate surface area is 112 Å². The number of ether oxygens (including phenoxy) is 1. The Balaban J connectivity index is 3.89. The minimum atomic E-state index is -0.204. The molecule has 0 saturated heterocycles. The van der Waals surface area contributed by atoms with E-state index in [1.807, 2.05) is 12.2 Å². The molecule has 0 radical (unpaired) electrons. The van der Waals surface area contributed by atoms with E-state index in [-0.39, 0.29) is 5.97 Å². The molecule has 0 saturated carbocycles. The lowest BCUT2D eigenvalue weighted by molar-refractivity contribution is -0.136. The highest BCUT2D eigenvalue weighted by Gasteiger charge is 2.06. The largest absolute Gasteiger partial charge is 0.466 e. The molecule has 0 fully saturated rings. The van der Waals surface area contributed by atoms with Crippen molar-refractivity contribution in [3.63, 3.8) is 0 Å². The van der Waals surface area contributed by atoms with Crippen LogP contribution >= 0.6 is 0 Å². The number of esters is 1. The highest BCUT2D eigenvalue weighted by Crippen LogP contribution is 2.08. The molecule has 0 aromatic rings. The summed E-state index contributed by atoms with van der Waals surface area (Å²) in [7, 11) is 1.43. The van der Waals surface area contributed by atoms with Crippen LogP contribution in [0.25, 0.3) is 0 Å². The number of carbonyl (C=O) groups excluding carboxylic acids is 1. The molecule has 0 aliphatic carbocycles. The SMILES string of the molecule is CCCCCCC/C=C/C=C(\CCC)C(=O)OC. The van der Waals surface area contributed by atoms with E-state index in [0.29, 0.717) is 0 Å². The molecule has 18 heavy (non-hydrogen) atoms. The standard InChI is InChI=1S/C16H28O2/c1-4-6-7-8-9-10-11-12-14-15(13-5-2)16(17)18-3/h11-12,14H,4-10,13H2,1-3H3/b12-11+,15-14+. The van der Waals surface area contributed by atoms with Gasteiger partial charge in [0.25, 0.3) is 0 Å². The molecule has 0 aliphatic heterocycles. The molecule has 0 heterocycles. The van der Waals surface area contributed by atoms with E-state index >= 15 is 0 Å². The Bertz CT molecular complexity index is 264. The van der Waals surface area contributed by atoms with E-state index in [2.05, 4.69) is 19.9 Å². The first-order valence-electron chi connectivity index (χ1n) is 7.20. The number of allylic oxidation sites excluding steroid dienone is 3. The summed E-state index contributed by atoms with van der Waals surface area (Å²) in [5, 5.41) is 0. The zero-order valence-electron chi connectivity index (χ0n) is 12.2. The fraction of sp³-hybridized carbons (Fsp3) is 0.688. The maximum absolute atomic E-state index is 11.4. The second kappa shape index (κ2) is 12.4. The predicted molar refractivity (Wildman–Crippen MR) is 77.5 cm³/mol. The number of carbonyl (C=O) groups is 1. The third kappa shape index (κ3) is 9.03. The molecule has 104 valence electrons. The second-order valence-corrected chi connectivity index (χ2v) is 4.56. The second-order valence-electron chi connectivity index (χ2n) is 4.56. The van der Waals surface area contributed by atoms with Crippen LogP contribution in [-0.2, 0) is 9.53 Å². The molecule has 0 aromatic heterocycles. The molecule has 2 heteroatoms. The maximum atomic E-state index is 11.4. The van der Waals surface area contributed by atoms with Crippen LogP contribution in [0.4, 0.5) is 0 Å². The Hall–Kier alpha value is -1.05. The third-order valence-corrected chi connectivity index (χ3v) is 2.87. The Morgan fingerprint density at radius 2 is 1.78 bits per heavy atom. The van der Waals surface area contributed by atoms with Gasteiger partial charge in [-0.2, -0.15) is 0 Å². The van der Waals surface area contributed by atoms with Gasteiger partial charge in [-0.3, -0.25) is 0 Å². The fourth-order valence-corrected chi connectivity index (χ4v) is 1.80. The summed E-state index contributed by atoms with van der Waals surface area (Å²) in [6, 6.07) is 0. The van der Waals surface area contributed by atoms with Gasteiger partial charge in [-0.15, -0.1) is 0 Å². The summed E-state index contributed by atoms with van der Waals surface area (Å²) in [6.45, 7) is 4.29. The Kier molecular flexibility index (Phi) is 11.7. The van der Waals surface area contributed by atoms with Gasteiger partial charge in [0.15, 0.2) is 0 Å². The van der Waals surface area contributed by atoms with E-state index in [0.717, 1.165) is 24.8 Å². The molecule has 0 rings (SSSR count). The van der Waals surface area contributed by atoms with Gasteiger partial charge in [-0.05, 0) is 19.3 Å². The quantitative estimate of drug-likeness (QED) is 0.241. The summed E-state index contributed by atoms with van der Waals surface area (Å²) in [4.78, 5) is 11.4. The van der Waals surface area contributed by atoms with Crippen molar-refractivity contribution >= 4 is 5.97 Å². The van der Waals surface area contributed by atoms with E-state index in [9.17, 15) is 4.79 Å². The lowest BCUT2D eigenvalue weighted by Gasteiger charge is -2.01. The molecule has 0 unspecified atom stereocenters. The molecular weight excluding hydrogens is 224 g/mol. The molecule has 0 bridgehead atoms. The van der Waals surface area contributed by atoms with E-state index in [1.54, 1.807) is 0 Å². The lowest BCUT2D eigenvalue weighted by atomic mass is 10.1. The van der Waals surface area contributed by atoms with Gasteiger partial charge >= 0.3 is 5.97 Å². The van der Waals surface area contributed by atoms with Crippen LogP contribution in [-0.4, -0.2) is 13.1 Å². The summed E-state index contributed by atoms with van der Waals surface area (Å²) in [5.74, 6) is -0.204. The van der Waals surface area contributed by atoms with Crippen LogP contribution in [0.3, 0.4) is 0 Å². The van der Waals surface area contributed by atoms with Crippen LogP contribution in [0.15, 0.2) is 23.8 Å². The maximum Gasteiger partial charge on any atom is 0.333 e. The van der Waals surface area contributed by atoms with E-state index in [4.69, 9.17) is 4.74 Å². The van der Waals surface area contributed by atoms with Gasteiger partial charge in [0.05, 0.1) is 7.11 Å². The Morgan fingerprint density at radius 3 is 2.39 bits per heavy atom. The van der Waals surface area contributed by atoms with Crippen LogP contribution in [0.5, 0.6) is 0 Å². The molecule has 0 amide bonds. The topological polar surface area (TPSA) is 26.3 Å². The van der Waals surface area contributed by atoms with Crippen LogP contribution in [0.2, 0.25) is 0 Å². The number of unbranched alkanes of at least 4 members (excludes halogenated alkanes) is 5. The first-order valence-corrected chi connectivity index (χ1v) is 7.20. The minimum Gasteiger partial charge on any atom is -0.466 e. The number of methoxy groups -OCH3 is 1. The van der Waals surface area contributed by atoms with Crippen molar-refractivity contribution in [2.75, 3.05) is 7.11 Å². The van der Waals surface area contributed by atoms with Crippen LogP contribution < -0.4 is 0 Å².